The van der Waals surface area contributed by atoms with Crippen LogP contribution in [0.15, 0.2) is 76.3 Å². The van der Waals surface area contributed by atoms with Gasteiger partial charge in [-0.3, -0.25) is 4.79 Å². The van der Waals surface area contributed by atoms with Gasteiger partial charge in [-0.2, -0.15) is 5.10 Å². The minimum atomic E-state index is -0.348. The molecule has 0 aliphatic heterocycles. The number of hydrogen-bond acceptors (Lipinski definition) is 3. The quantitative estimate of drug-likeness (QED) is 0.369. The zero-order valence-corrected chi connectivity index (χ0v) is 16.5. The number of carbonyl (C=O) groups is 1. The van der Waals surface area contributed by atoms with Gasteiger partial charge in [-0.1, -0.05) is 60.2 Å². The summed E-state index contributed by atoms with van der Waals surface area (Å²) in [5.74, 6) is 0.190. The van der Waals surface area contributed by atoms with Gasteiger partial charge < -0.3 is 4.74 Å². The van der Waals surface area contributed by atoms with Crippen LogP contribution in [-0.2, 0) is 4.79 Å². The van der Waals surface area contributed by atoms with Crippen LogP contribution in [0, 0.1) is 0 Å². The second-order valence-electron chi connectivity index (χ2n) is 5.28. The lowest BCUT2D eigenvalue weighted by Crippen LogP contribution is -2.25. The molecule has 0 aliphatic carbocycles. The maximum Gasteiger partial charge on any atom is 0.277 e. The summed E-state index contributed by atoms with van der Waals surface area (Å²) in [5, 5.41) is 4.59. The van der Waals surface area contributed by atoms with E-state index in [-0.39, 0.29) is 12.5 Å². The van der Waals surface area contributed by atoms with Crippen molar-refractivity contribution in [2.45, 2.75) is 6.92 Å². The fourth-order valence-electron chi connectivity index (χ4n) is 1.88. The SMILES string of the molecule is CC(/C=C/C=C/c1ccccc1)=N\NC(=O)COc1ccc(Cl)cc1Br. The van der Waals surface area contributed by atoms with Crippen molar-refractivity contribution in [1.82, 2.24) is 5.43 Å². The Hall–Kier alpha value is -2.37. The van der Waals surface area contributed by atoms with Crippen molar-refractivity contribution in [2.24, 2.45) is 5.10 Å². The van der Waals surface area contributed by atoms with E-state index in [1.807, 2.05) is 48.6 Å². The molecule has 0 atom stereocenters. The number of hydrazone groups is 1. The predicted molar refractivity (Wildman–Crippen MR) is 111 cm³/mol. The van der Waals surface area contributed by atoms with Crippen molar-refractivity contribution < 1.29 is 9.53 Å². The highest BCUT2D eigenvalue weighted by molar-refractivity contribution is 9.10. The third-order valence-electron chi connectivity index (χ3n) is 3.15. The summed E-state index contributed by atoms with van der Waals surface area (Å²) in [6.45, 7) is 1.65. The largest absolute Gasteiger partial charge is 0.483 e. The first kappa shape index (κ1) is 19.9. The Morgan fingerprint density at radius 3 is 2.73 bits per heavy atom. The second kappa shape index (κ2) is 10.6. The Labute approximate surface area is 166 Å². The average molecular weight is 434 g/mol. The third kappa shape index (κ3) is 7.25. The molecule has 0 saturated heterocycles. The molecule has 6 heteroatoms. The van der Waals surface area contributed by atoms with Crippen molar-refractivity contribution in [2.75, 3.05) is 6.61 Å². The zero-order valence-electron chi connectivity index (χ0n) is 14.2. The first-order chi connectivity index (χ1) is 12.5. The van der Waals surface area contributed by atoms with Gasteiger partial charge in [0.05, 0.1) is 10.2 Å². The molecule has 2 aromatic carbocycles. The van der Waals surface area contributed by atoms with Crippen LogP contribution in [0.3, 0.4) is 0 Å². The van der Waals surface area contributed by atoms with Gasteiger partial charge in [0.25, 0.3) is 5.91 Å². The van der Waals surface area contributed by atoms with Crippen LogP contribution >= 0.6 is 27.5 Å². The summed E-state index contributed by atoms with van der Waals surface area (Å²) in [7, 11) is 0. The van der Waals surface area contributed by atoms with Crippen LogP contribution in [0.5, 0.6) is 5.75 Å². The van der Waals surface area contributed by atoms with Gasteiger partial charge in [0.1, 0.15) is 5.75 Å². The zero-order chi connectivity index (χ0) is 18.8. The van der Waals surface area contributed by atoms with Gasteiger partial charge in [-0.15, -0.1) is 0 Å². The van der Waals surface area contributed by atoms with E-state index in [0.29, 0.717) is 21.0 Å². The highest BCUT2D eigenvalue weighted by Crippen LogP contribution is 2.27. The van der Waals surface area contributed by atoms with Gasteiger partial charge in [0.15, 0.2) is 6.61 Å². The number of allylic oxidation sites excluding steroid dienone is 3. The molecule has 1 amide bonds. The molecule has 134 valence electrons. The predicted octanol–water partition coefficient (Wildman–Crippen LogP) is 5.24. The maximum absolute atomic E-state index is 11.8. The molecule has 0 aliphatic rings. The van der Waals surface area contributed by atoms with E-state index >= 15 is 0 Å². The molecule has 26 heavy (non-hydrogen) atoms. The van der Waals surface area contributed by atoms with E-state index in [1.54, 1.807) is 31.2 Å². The molecule has 0 unspecified atom stereocenters. The number of nitrogens with one attached hydrogen (secondary N) is 1. The van der Waals surface area contributed by atoms with Crippen molar-refractivity contribution >= 4 is 45.2 Å². The van der Waals surface area contributed by atoms with E-state index < -0.39 is 0 Å². The monoisotopic (exact) mass is 432 g/mol. The third-order valence-corrected chi connectivity index (χ3v) is 4.00. The average Bonchev–Trinajstić information content (AvgIpc) is 2.63. The molecule has 4 nitrogen and oxygen atoms in total. The van der Waals surface area contributed by atoms with Crippen LogP contribution in [0.1, 0.15) is 12.5 Å². The van der Waals surface area contributed by atoms with Crippen molar-refractivity contribution in [3.05, 3.63) is 81.8 Å². The highest BCUT2D eigenvalue weighted by atomic mass is 79.9. The number of nitrogens with zero attached hydrogens (tertiary/aromatic N) is 1. The lowest BCUT2D eigenvalue weighted by atomic mass is 10.2. The number of halogens is 2. The lowest BCUT2D eigenvalue weighted by Gasteiger charge is -2.07. The molecule has 0 heterocycles. The molecule has 0 bridgehead atoms. The summed E-state index contributed by atoms with van der Waals surface area (Å²) in [4.78, 5) is 11.8. The fourth-order valence-corrected chi connectivity index (χ4v) is 2.68. The summed E-state index contributed by atoms with van der Waals surface area (Å²) >= 11 is 9.18. The lowest BCUT2D eigenvalue weighted by molar-refractivity contribution is -0.123. The Morgan fingerprint density at radius 2 is 2.00 bits per heavy atom. The Kier molecular flexibility index (Phi) is 8.12. The maximum atomic E-state index is 11.8. The molecule has 0 radical (unpaired) electrons. The van der Waals surface area contributed by atoms with E-state index in [1.165, 1.54) is 0 Å². The topological polar surface area (TPSA) is 50.7 Å². The smallest absolute Gasteiger partial charge is 0.277 e. The molecule has 0 aromatic heterocycles. The molecule has 2 rings (SSSR count). The number of benzene rings is 2. The summed E-state index contributed by atoms with van der Waals surface area (Å²) in [5.41, 5.74) is 4.24. The molecule has 0 spiro atoms. The van der Waals surface area contributed by atoms with E-state index in [2.05, 4.69) is 26.5 Å². The first-order valence-corrected chi connectivity index (χ1v) is 9.02. The van der Waals surface area contributed by atoms with E-state index in [9.17, 15) is 4.79 Å². The van der Waals surface area contributed by atoms with Crippen molar-refractivity contribution in [1.29, 1.82) is 0 Å². The number of hydrogen-bond donors (Lipinski definition) is 1. The molecular formula is C20H18BrClN2O2. The summed E-state index contributed by atoms with van der Waals surface area (Å²) in [6.07, 6.45) is 7.56. The highest BCUT2D eigenvalue weighted by Gasteiger charge is 2.05. The van der Waals surface area contributed by atoms with Gasteiger partial charge in [0.2, 0.25) is 0 Å². The molecule has 2 aromatic rings. The summed E-state index contributed by atoms with van der Waals surface area (Å²) in [6, 6.07) is 15.1. The Bertz CT molecular complexity index is 833. The van der Waals surface area contributed by atoms with Gasteiger partial charge in [-0.05, 0) is 52.7 Å². The molecule has 0 saturated carbocycles. The number of amides is 1. The van der Waals surface area contributed by atoms with Gasteiger partial charge in [-0.25, -0.2) is 5.43 Å². The molecular weight excluding hydrogens is 416 g/mol. The molecule has 0 fully saturated rings. The van der Waals surface area contributed by atoms with Crippen molar-refractivity contribution in [3.8, 4) is 5.75 Å². The fraction of sp³-hybridized carbons (Fsp3) is 0.100. The normalized spacial score (nSPS) is 11.9. The van der Waals surface area contributed by atoms with Crippen LogP contribution in [0.2, 0.25) is 5.02 Å². The molecule has 1 N–H and O–H groups in total. The Morgan fingerprint density at radius 1 is 1.23 bits per heavy atom. The first-order valence-electron chi connectivity index (χ1n) is 7.85. The van der Waals surface area contributed by atoms with Gasteiger partial charge in [0, 0.05) is 5.02 Å². The van der Waals surface area contributed by atoms with Crippen LogP contribution in [0.4, 0.5) is 0 Å². The number of carbonyl (C=O) groups excluding carboxylic acids is 1. The number of rotatable bonds is 7. The van der Waals surface area contributed by atoms with Crippen LogP contribution in [0.25, 0.3) is 6.08 Å². The van der Waals surface area contributed by atoms with E-state index in [0.717, 1.165) is 5.56 Å². The number of ether oxygens (including phenoxy) is 1. The standard InChI is InChI=1S/C20H18BrClN2O2/c1-15(7-5-6-10-16-8-3-2-4-9-16)23-24-20(25)14-26-19-12-11-17(22)13-18(19)21/h2-13H,14H2,1H3,(H,24,25)/b7-5+,10-6+,23-15+. The van der Waals surface area contributed by atoms with Gasteiger partial charge >= 0.3 is 0 Å². The van der Waals surface area contributed by atoms with Crippen molar-refractivity contribution in [3.63, 3.8) is 0 Å². The minimum absolute atomic E-state index is 0.144. The van der Waals surface area contributed by atoms with Crippen LogP contribution in [-0.4, -0.2) is 18.2 Å². The minimum Gasteiger partial charge on any atom is -0.483 e. The Balaban J connectivity index is 1.77. The second-order valence-corrected chi connectivity index (χ2v) is 6.57. The van der Waals surface area contributed by atoms with E-state index in [4.69, 9.17) is 16.3 Å². The van der Waals surface area contributed by atoms with Crippen LogP contribution < -0.4 is 10.2 Å². The summed E-state index contributed by atoms with van der Waals surface area (Å²) < 4.78 is 6.10.